The van der Waals surface area contributed by atoms with Crippen molar-refractivity contribution in [3.63, 3.8) is 0 Å². The molecular weight excluding hydrogens is 205 g/mol. The molecule has 1 rings (SSSR count). The molecule has 0 aliphatic carbocycles. The van der Waals surface area contributed by atoms with Gasteiger partial charge in [-0.2, -0.15) is 0 Å². The Morgan fingerprint density at radius 3 is 2.57 bits per heavy atom. The minimum absolute atomic E-state index is 0.000821. The average molecular weight is 217 g/mol. The molecule has 14 heavy (non-hydrogen) atoms. The highest BCUT2D eigenvalue weighted by Gasteiger charge is 2.03. The van der Waals surface area contributed by atoms with Crippen molar-refractivity contribution in [1.29, 1.82) is 0 Å². The number of hydrogen-bond acceptors (Lipinski definition) is 3. The molecule has 0 fully saturated rings. The molecule has 1 N–H and O–H groups in total. The Kier molecular flexibility index (Phi) is 4.22. The van der Waals surface area contributed by atoms with Crippen LogP contribution in [0.25, 0.3) is 0 Å². The van der Waals surface area contributed by atoms with Gasteiger partial charge in [0, 0.05) is 18.6 Å². The monoisotopic (exact) mass is 217 g/mol. The first kappa shape index (κ1) is 11.3. The highest BCUT2D eigenvalue weighted by Crippen LogP contribution is 2.29. The molecule has 0 amide bonds. The minimum Gasteiger partial charge on any atom is -0.756 e. The summed E-state index contributed by atoms with van der Waals surface area (Å²) >= 11 is 0. The van der Waals surface area contributed by atoms with E-state index in [0.29, 0.717) is 13.0 Å². The van der Waals surface area contributed by atoms with E-state index in [1.54, 1.807) is 0 Å². The van der Waals surface area contributed by atoms with Gasteiger partial charge in [-0.05, 0) is 0 Å². The number of phosphoric ester groups is 1. The summed E-state index contributed by atoms with van der Waals surface area (Å²) < 4.78 is 16.3. The van der Waals surface area contributed by atoms with Crippen molar-refractivity contribution in [2.45, 2.75) is 13.0 Å². The Morgan fingerprint density at radius 2 is 2.00 bits per heavy atom. The van der Waals surface area contributed by atoms with Gasteiger partial charge >= 0.3 is 0 Å². The summed E-state index contributed by atoms with van der Waals surface area (Å²) in [5.74, 6) is 0. The van der Waals surface area contributed by atoms with Crippen molar-refractivity contribution in [2.24, 2.45) is 0 Å². The molecule has 6 heteroatoms. The van der Waals surface area contributed by atoms with Crippen LogP contribution in [0, 0.1) is 0 Å². The zero-order valence-electron chi connectivity index (χ0n) is 7.57. The second-order valence-electron chi connectivity index (χ2n) is 2.77. The number of nitrogens with zero attached hydrogens (tertiary/aromatic N) is 1. The summed E-state index contributed by atoms with van der Waals surface area (Å²) in [4.78, 5) is 18.5. The van der Waals surface area contributed by atoms with Gasteiger partial charge in [-0.15, -0.1) is 0 Å². The lowest BCUT2D eigenvalue weighted by atomic mass is 10.4. The SMILES string of the molecule is O=P([O-])(O)OCCC[n+]1ccccc1. The summed E-state index contributed by atoms with van der Waals surface area (Å²) in [7, 11) is -4.55. The summed E-state index contributed by atoms with van der Waals surface area (Å²) in [6, 6.07) is 5.66. The third-order valence-corrected chi connectivity index (χ3v) is 2.10. The summed E-state index contributed by atoms with van der Waals surface area (Å²) in [5.41, 5.74) is 0. The number of aryl methyl sites for hydroxylation is 1. The molecule has 0 aliphatic heterocycles. The van der Waals surface area contributed by atoms with E-state index >= 15 is 0 Å². The number of pyridine rings is 1. The number of aromatic nitrogens is 1. The van der Waals surface area contributed by atoms with Crippen LogP contribution in [0.3, 0.4) is 0 Å². The first-order valence-corrected chi connectivity index (χ1v) is 5.70. The zero-order chi connectivity index (χ0) is 10.4. The second-order valence-corrected chi connectivity index (χ2v) is 3.96. The van der Waals surface area contributed by atoms with E-state index < -0.39 is 7.82 Å². The van der Waals surface area contributed by atoms with Crippen LogP contribution in [0.5, 0.6) is 0 Å². The Hall–Kier alpha value is -0.740. The summed E-state index contributed by atoms with van der Waals surface area (Å²) in [5, 5.41) is 0. The largest absolute Gasteiger partial charge is 0.756 e. The van der Waals surface area contributed by atoms with Crippen molar-refractivity contribution >= 4 is 7.82 Å². The van der Waals surface area contributed by atoms with Crippen LogP contribution in [0.4, 0.5) is 0 Å². The Bertz CT molecular complexity index is 310. The van der Waals surface area contributed by atoms with Crippen LogP contribution >= 0.6 is 7.82 Å². The van der Waals surface area contributed by atoms with Crippen LogP contribution in [0.1, 0.15) is 6.42 Å². The van der Waals surface area contributed by atoms with E-state index in [1.165, 1.54) is 0 Å². The Balaban J connectivity index is 2.20. The maximum absolute atomic E-state index is 10.2. The molecule has 0 spiro atoms. The van der Waals surface area contributed by atoms with Crippen LogP contribution in [0.2, 0.25) is 0 Å². The maximum Gasteiger partial charge on any atom is 0.265 e. The molecular formula is C8H12NO4P. The Labute approximate surface area is 82.2 Å². The molecule has 1 heterocycles. The fraction of sp³-hybridized carbons (Fsp3) is 0.375. The second kappa shape index (κ2) is 5.22. The fourth-order valence-corrected chi connectivity index (χ4v) is 1.37. The molecule has 1 aromatic rings. The van der Waals surface area contributed by atoms with Gasteiger partial charge in [0.05, 0.1) is 6.61 Å². The molecule has 0 saturated carbocycles. The average Bonchev–Trinajstić information content (AvgIpc) is 2.13. The van der Waals surface area contributed by atoms with Gasteiger partial charge in [-0.25, -0.2) is 4.57 Å². The lowest BCUT2D eigenvalue weighted by Crippen LogP contribution is -2.32. The third kappa shape index (κ3) is 5.09. The molecule has 78 valence electrons. The normalized spacial score (nSPS) is 15.0. The van der Waals surface area contributed by atoms with E-state index in [0.717, 1.165) is 0 Å². The first-order valence-electron chi connectivity index (χ1n) is 4.20. The van der Waals surface area contributed by atoms with Gasteiger partial charge in [-0.3, -0.25) is 4.57 Å². The van der Waals surface area contributed by atoms with Crippen molar-refractivity contribution in [3.8, 4) is 0 Å². The topological polar surface area (TPSA) is 73.5 Å². The highest BCUT2D eigenvalue weighted by atomic mass is 31.2. The van der Waals surface area contributed by atoms with Gasteiger partial charge in [0.2, 0.25) is 0 Å². The maximum atomic E-state index is 10.2. The van der Waals surface area contributed by atoms with Crippen LogP contribution < -0.4 is 9.46 Å². The van der Waals surface area contributed by atoms with E-state index in [4.69, 9.17) is 4.89 Å². The Morgan fingerprint density at radius 1 is 1.36 bits per heavy atom. The number of hydrogen-bond donors (Lipinski definition) is 1. The van der Waals surface area contributed by atoms with Crippen molar-refractivity contribution in [3.05, 3.63) is 30.6 Å². The van der Waals surface area contributed by atoms with Crippen LogP contribution in [-0.4, -0.2) is 11.5 Å². The van der Waals surface area contributed by atoms with Crippen molar-refractivity contribution < 1.29 is 23.4 Å². The molecule has 0 bridgehead atoms. The van der Waals surface area contributed by atoms with E-state index in [2.05, 4.69) is 4.52 Å². The molecule has 0 saturated heterocycles. The van der Waals surface area contributed by atoms with E-state index in [1.807, 2.05) is 35.2 Å². The molecule has 1 unspecified atom stereocenters. The molecule has 1 atom stereocenters. The van der Waals surface area contributed by atoms with Gasteiger partial charge in [0.15, 0.2) is 18.9 Å². The van der Waals surface area contributed by atoms with Gasteiger partial charge in [-0.1, -0.05) is 6.07 Å². The van der Waals surface area contributed by atoms with Gasteiger partial charge in [0.1, 0.15) is 0 Å². The molecule has 0 radical (unpaired) electrons. The number of rotatable bonds is 5. The van der Waals surface area contributed by atoms with E-state index in [-0.39, 0.29) is 6.61 Å². The summed E-state index contributed by atoms with van der Waals surface area (Å²) in [6.07, 6.45) is 4.27. The fourth-order valence-electron chi connectivity index (χ4n) is 1.01. The van der Waals surface area contributed by atoms with Crippen molar-refractivity contribution in [2.75, 3.05) is 6.61 Å². The van der Waals surface area contributed by atoms with E-state index in [9.17, 15) is 9.46 Å². The minimum atomic E-state index is -4.55. The first-order chi connectivity index (χ1) is 6.58. The van der Waals surface area contributed by atoms with Gasteiger partial charge in [0.25, 0.3) is 7.82 Å². The van der Waals surface area contributed by atoms with Gasteiger partial charge < -0.3 is 14.3 Å². The quantitative estimate of drug-likeness (QED) is 0.422. The predicted molar refractivity (Wildman–Crippen MR) is 47.0 cm³/mol. The molecule has 0 aliphatic rings. The number of phosphoric acid groups is 1. The summed E-state index contributed by atoms with van der Waals surface area (Å²) in [6.45, 7) is 0.653. The standard InChI is InChI=1S/C8H12NO4P/c10-14(11,12)13-8-4-7-9-5-2-1-3-6-9/h1-3,5-6H,4,7-8H2,(H-,10,11,12). The lowest BCUT2D eigenvalue weighted by Gasteiger charge is -2.14. The van der Waals surface area contributed by atoms with Crippen molar-refractivity contribution in [1.82, 2.24) is 0 Å². The lowest BCUT2D eigenvalue weighted by molar-refractivity contribution is -0.697. The highest BCUT2D eigenvalue weighted by molar-refractivity contribution is 7.44. The van der Waals surface area contributed by atoms with Crippen LogP contribution in [-0.2, 0) is 15.6 Å². The van der Waals surface area contributed by atoms with Crippen LogP contribution in [0.15, 0.2) is 30.6 Å². The zero-order valence-corrected chi connectivity index (χ0v) is 8.47. The molecule has 1 aromatic heterocycles. The predicted octanol–water partition coefficient (Wildman–Crippen LogP) is -0.159. The smallest absolute Gasteiger partial charge is 0.265 e. The molecule has 0 aromatic carbocycles. The third-order valence-electron chi connectivity index (χ3n) is 1.59. The molecule has 5 nitrogen and oxygen atoms in total.